The molecular weight excluding hydrogens is 312 g/mol. The molecule has 0 aliphatic carbocycles. The molecule has 0 radical (unpaired) electrons. The van der Waals surface area contributed by atoms with E-state index in [1.807, 2.05) is 0 Å². The molecule has 148 valence electrons. The van der Waals surface area contributed by atoms with Gasteiger partial charge in [-0.2, -0.15) is 0 Å². The van der Waals surface area contributed by atoms with E-state index in [2.05, 4.69) is 27.7 Å². The highest BCUT2D eigenvalue weighted by atomic mass is 16.1. The summed E-state index contributed by atoms with van der Waals surface area (Å²) in [7, 11) is 0. The van der Waals surface area contributed by atoms with Crippen molar-refractivity contribution in [2.75, 3.05) is 0 Å². The highest BCUT2D eigenvalue weighted by Gasteiger charge is 2.15. The lowest BCUT2D eigenvalue weighted by molar-refractivity contribution is 0.289. The second kappa shape index (κ2) is 27.6. The molecule has 0 unspecified atom stereocenters. The van der Waals surface area contributed by atoms with Crippen LogP contribution in [0.3, 0.4) is 0 Å². The second-order valence-corrected chi connectivity index (χ2v) is 6.74. The number of carbonyl (C=O) groups excluding carboxylic acids is 2. The van der Waals surface area contributed by atoms with Gasteiger partial charge in [-0.15, -0.1) is 0 Å². The first-order chi connectivity index (χ1) is 12.1. The Balaban J connectivity index is -0.000000700. The number of rotatable bonds is 14. The molecule has 0 aliphatic heterocycles. The standard InChI is InChI=1S/C19H40.2CHNO/c1-5-9-13-18(14-10-6-2)17-19(15-11-7-3)16-12-8-4;2*2-1-3/h18-19H,5-17H2,1-4H3;2*2H. The Bertz CT molecular complexity index is 261. The largest absolute Gasteiger partial charge is 0.231 e. The fraction of sp³-hybridized carbons (Fsp3) is 0.905. The fourth-order valence-electron chi connectivity index (χ4n) is 3.20. The van der Waals surface area contributed by atoms with Crippen LogP contribution in [0.5, 0.6) is 0 Å². The average Bonchev–Trinajstić information content (AvgIpc) is 2.60. The molecule has 0 aliphatic rings. The van der Waals surface area contributed by atoms with Crippen LogP contribution < -0.4 is 0 Å². The first-order valence-electron chi connectivity index (χ1n) is 10.2. The van der Waals surface area contributed by atoms with Crippen LogP contribution in [0.15, 0.2) is 0 Å². The van der Waals surface area contributed by atoms with Gasteiger partial charge >= 0.3 is 0 Å². The normalized spacial score (nSPS) is 9.52. The lowest BCUT2D eigenvalue weighted by atomic mass is 9.82. The van der Waals surface area contributed by atoms with E-state index < -0.39 is 0 Å². The molecular formula is C21H42N2O2. The van der Waals surface area contributed by atoms with Gasteiger partial charge < -0.3 is 0 Å². The van der Waals surface area contributed by atoms with E-state index >= 15 is 0 Å². The van der Waals surface area contributed by atoms with Gasteiger partial charge in [0.15, 0.2) is 0 Å². The lowest BCUT2D eigenvalue weighted by Crippen LogP contribution is -2.10. The van der Waals surface area contributed by atoms with Gasteiger partial charge in [0.2, 0.25) is 12.2 Å². The number of unbranched alkanes of at least 4 members (excludes halogenated alkanes) is 4. The Morgan fingerprint density at radius 2 is 0.800 bits per heavy atom. The van der Waals surface area contributed by atoms with E-state index in [1.165, 1.54) is 83.5 Å². The van der Waals surface area contributed by atoms with E-state index in [-0.39, 0.29) is 0 Å². The third-order valence-corrected chi connectivity index (χ3v) is 4.53. The summed E-state index contributed by atoms with van der Waals surface area (Å²) >= 11 is 0. The van der Waals surface area contributed by atoms with E-state index in [1.54, 1.807) is 0 Å². The van der Waals surface area contributed by atoms with Crippen molar-refractivity contribution < 1.29 is 9.59 Å². The Morgan fingerprint density at radius 3 is 0.960 bits per heavy atom. The van der Waals surface area contributed by atoms with Crippen LogP contribution in [0.2, 0.25) is 0 Å². The van der Waals surface area contributed by atoms with Crippen molar-refractivity contribution in [1.82, 2.24) is 0 Å². The third-order valence-electron chi connectivity index (χ3n) is 4.53. The van der Waals surface area contributed by atoms with Crippen molar-refractivity contribution in [3.63, 3.8) is 0 Å². The van der Waals surface area contributed by atoms with Gasteiger partial charge in [0.1, 0.15) is 0 Å². The molecule has 0 amide bonds. The fourth-order valence-corrected chi connectivity index (χ4v) is 3.20. The predicted octanol–water partition coefficient (Wildman–Crippen LogP) is 7.17. The molecule has 0 fully saturated rings. The molecule has 0 heterocycles. The number of hydrogen-bond donors (Lipinski definition) is 2. The molecule has 4 heteroatoms. The van der Waals surface area contributed by atoms with Gasteiger partial charge in [-0.25, -0.2) is 20.4 Å². The Morgan fingerprint density at radius 1 is 0.600 bits per heavy atom. The molecule has 2 N–H and O–H groups in total. The summed E-state index contributed by atoms with van der Waals surface area (Å²) in [6.45, 7) is 9.34. The van der Waals surface area contributed by atoms with E-state index in [9.17, 15) is 0 Å². The summed E-state index contributed by atoms with van der Waals surface area (Å²) in [5, 5.41) is 10.8. The highest BCUT2D eigenvalue weighted by molar-refractivity contribution is 5.26. The van der Waals surface area contributed by atoms with Gasteiger partial charge in [0.05, 0.1) is 0 Å². The van der Waals surface area contributed by atoms with Crippen LogP contribution in [0.1, 0.15) is 111 Å². The van der Waals surface area contributed by atoms with Crippen LogP contribution in [-0.2, 0) is 9.59 Å². The van der Waals surface area contributed by atoms with Gasteiger partial charge in [-0.05, 0) is 18.3 Å². The van der Waals surface area contributed by atoms with Crippen molar-refractivity contribution in [3.05, 3.63) is 0 Å². The highest BCUT2D eigenvalue weighted by Crippen LogP contribution is 2.29. The Hall–Kier alpha value is -1.24. The number of isocyanates is 2. The van der Waals surface area contributed by atoms with Crippen LogP contribution in [0.4, 0.5) is 0 Å². The summed E-state index contributed by atoms with van der Waals surface area (Å²) in [5.41, 5.74) is 0. The molecule has 0 aromatic heterocycles. The first-order valence-corrected chi connectivity index (χ1v) is 10.2. The van der Waals surface area contributed by atoms with Crippen LogP contribution in [0.25, 0.3) is 0 Å². The van der Waals surface area contributed by atoms with Crippen molar-refractivity contribution in [2.24, 2.45) is 11.8 Å². The maximum atomic E-state index is 8.35. The summed E-state index contributed by atoms with van der Waals surface area (Å²) in [4.78, 5) is 16.7. The minimum atomic E-state index is 0.750. The maximum Gasteiger partial charge on any atom is 0.231 e. The zero-order valence-electron chi connectivity index (χ0n) is 17.2. The van der Waals surface area contributed by atoms with Crippen molar-refractivity contribution >= 4 is 12.2 Å². The predicted molar refractivity (Wildman–Crippen MR) is 107 cm³/mol. The zero-order valence-corrected chi connectivity index (χ0v) is 17.2. The van der Waals surface area contributed by atoms with E-state index in [0.29, 0.717) is 0 Å². The Labute approximate surface area is 156 Å². The van der Waals surface area contributed by atoms with E-state index in [0.717, 1.165) is 24.0 Å². The summed E-state index contributed by atoms with van der Waals surface area (Å²) in [6, 6.07) is 0. The van der Waals surface area contributed by atoms with Crippen molar-refractivity contribution in [3.8, 4) is 0 Å². The number of nitrogens with one attached hydrogen (secondary N) is 2. The number of hydrogen-bond acceptors (Lipinski definition) is 4. The molecule has 0 aromatic carbocycles. The van der Waals surface area contributed by atoms with Crippen LogP contribution in [0, 0.1) is 22.7 Å². The topological polar surface area (TPSA) is 81.8 Å². The average molecular weight is 355 g/mol. The monoisotopic (exact) mass is 354 g/mol. The third kappa shape index (κ3) is 27.9. The molecule has 0 bridgehead atoms. The molecule has 0 atom stereocenters. The molecule has 0 spiro atoms. The molecule has 0 saturated carbocycles. The molecule has 0 rings (SSSR count). The van der Waals surface area contributed by atoms with Crippen LogP contribution in [-0.4, -0.2) is 12.2 Å². The zero-order chi connectivity index (χ0) is 19.8. The minimum absolute atomic E-state index is 0.750. The molecule has 4 nitrogen and oxygen atoms in total. The van der Waals surface area contributed by atoms with Crippen LogP contribution >= 0.6 is 0 Å². The molecule has 0 aromatic rings. The smallest absolute Gasteiger partial charge is 0.222 e. The second-order valence-electron chi connectivity index (χ2n) is 6.74. The van der Waals surface area contributed by atoms with Gasteiger partial charge in [0.25, 0.3) is 0 Å². The Kier molecular flexibility index (Phi) is 31.5. The summed E-state index contributed by atoms with van der Waals surface area (Å²) in [6.07, 6.45) is 20.3. The van der Waals surface area contributed by atoms with Crippen molar-refractivity contribution in [2.45, 2.75) is 111 Å². The molecule has 25 heavy (non-hydrogen) atoms. The maximum absolute atomic E-state index is 8.35. The summed E-state index contributed by atoms with van der Waals surface area (Å²) < 4.78 is 0. The SMILES string of the molecule is CCCCC(CCCC)CC(CCCC)CCCC.N=C=O.N=C=O. The van der Waals surface area contributed by atoms with Gasteiger partial charge in [-0.1, -0.05) is 105 Å². The van der Waals surface area contributed by atoms with Crippen molar-refractivity contribution in [1.29, 1.82) is 10.8 Å². The molecule has 0 saturated heterocycles. The van der Waals surface area contributed by atoms with Gasteiger partial charge in [-0.3, -0.25) is 0 Å². The van der Waals surface area contributed by atoms with Gasteiger partial charge in [0, 0.05) is 0 Å². The lowest BCUT2D eigenvalue weighted by Gasteiger charge is -2.23. The van der Waals surface area contributed by atoms with E-state index in [4.69, 9.17) is 20.4 Å². The quantitative estimate of drug-likeness (QED) is 0.256. The minimum Gasteiger partial charge on any atom is -0.222 e. The summed E-state index contributed by atoms with van der Waals surface area (Å²) in [5.74, 6) is 2.05. The first kappa shape index (κ1) is 28.6.